The van der Waals surface area contributed by atoms with E-state index in [1.807, 2.05) is 6.08 Å². The molecule has 1 saturated heterocycles. The van der Waals surface area contributed by atoms with E-state index in [1.165, 1.54) is 70.6 Å². The van der Waals surface area contributed by atoms with Crippen LogP contribution in [0.2, 0.25) is 0 Å². The Kier molecular flexibility index (Phi) is 27.1. The molecule has 1 aliphatic rings. The molecule has 0 aromatic heterocycles. The van der Waals surface area contributed by atoms with E-state index < -0.39 is 49.5 Å². The third-order valence-corrected chi connectivity index (χ3v) is 8.74. The van der Waals surface area contributed by atoms with Gasteiger partial charge in [-0.1, -0.05) is 127 Å². The number of hydrogen-bond donors (Lipinski definition) is 6. The van der Waals surface area contributed by atoms with E-state index in [0.717, 1.165) is 51.4 Å². The summed E-state index contributed by atoms with van der Waals surface area (Å²) in [6.45, 7) is 3.66. The van der Waals surface area contributed by atoms with Gasteiger partial charge in [0, 0.05) is 6.42 Å². The van der Waals surface area contributed by atoms with Gasteiger partial charge >= 0.3 is 0 Å². The number of allylic oxidation sites excluding steroid dienone is 5. The minimum absolute atomic E-state index is 0.208. The first kappa shape index (κ1) is 43.4. The molecule has 1 amide bonds. The number of aliphatic hydroxyl groups is 5. The van der Waals surface area contributed by atoms with Crippen LogP contribution in [-0.2, 0) is 14.3 Å². The van der Waals surface area contributed by atoms with Gasteiger partial charge < -0.3 is 40.3 Å². The summed E-state index contributed by atoms with van der Waals surface area (Å²) in [5, 5.41) is 53.7. The van der Waals surface area contributed by atoms with Crippen molar-refractivity contribution < 1.29 is 39.8 Å². The molecule has 274 valence electrons. The second-order valence-corrected chi connectivity index (χ2v) is 13.0. The molecule has 47 heavy (non-hydrogen) atoms. The van der Waals surface area contributed by atoms with Crippen molar-refractivity contribution in [1.82, 2.24) is 5.32 Å². The molecule has 0 aromatic carbocycles. The van der Waals surface area contributed by atoms with Gasteiger partial charge in [0.1, 0.15) is 24.4 Å². The van der Waals surface area contributed by atoms with Crippen molar-refractivity contribution in [3.05, 3.63) is 36.5 Å². The van der Waals surface area contributed by atoms with E-state index in [-0.39, 0.29) is 12.5 Å². The summed E-state index contributed by atoms with van der Waals surface area (Å²) in [6, 6.07) is -0.837. The normalized spacial score (nSPS) is 23.3. The van der Waals surface area contributed by atoms with Crippen molar-refractivity contribution in [2.45, 2.75) is 185 Å². The van der Waals surface area contributed by atoms with Crippen LogP contribution in [0.3, 0.4) is 0 Å². The minimum Gasteiger partial charge on any atom is -0.394 e. The molecule has 0 radical (unpaired) electrons. The first-order chi connectivity index (χ1) is 22.8. The van der Waals surface area contributed by atoms with Crippen molar-refractivity contribution in [2.24, 2.45) is 0 Å². The molecule has 1 heterocycles. The number of amides is 1. The molecular formula is C38H69NO8. The lowest BCUT2D eigenvalue weighted by Crippen LogP contribution is -2.60. The molecule has 6 N–H and O–H groups in total. The standard InChI is InChI=1S/C38H69NO8/c1-3-5-7-9-11-13-15-16-18-20-22-24-26-28-34(42)39-31(30-46-38-37(45)36(44)35(43)33(29-40)47-38)32(41)27-25-23-21-19-17-14-12-10-8-6-4-2/h13,15,21,23,25,27,31-33,35-38,40-41,43-45H,3-12,14,16-20,22,24,26,28-30H2,1-2H3,(H,39,42)/b15-13+,23-21+,27-25+/t31-,32+,33-,35-,36?,37?,38-/m0/s1. The Morgan fingerprint density at radius 1 is 0.723 bits per heavy atom. The number of rotatable bonds is 29. The number of hydrogen-bond acceptors (Lipinski definition) is 8. The van der Waals surface area contributed by atoms with Gasteiger partial charge in [-0.15, -0.1) is 0 Å². The molecule has 9 heteroatoms. The van der Waals surface area contributed by atoms with Crippen molar-refractivity contribution in [3.63, 3.8) is 0 Å². The molecule has 2 unspecified atom stereocenters. The Labute approximate surface area is 285 Å². The number of ether oxygens (including phenoxy) is 2. The minimum atomic E-state index is -1.57. The average molecular weight is 668 g/mol. The lowest BCUT2D eigenvalue weighted by atomic mass is 9.99. The van der Waals surface area contributed by atoms with Crippen molar-refractivity contribution in [2.75, 3.05) is 13.2 Å². The highest BCUT2D eigenvalue weighted by molar-refractivity contribution is 5.76. The van der Waals surface area contributed by atoms with E-state index in [1.54, 1.807) is 12.2 Å². The van der Waals surface area contributed by atoms with Gasteiger partial charge in [-0.25, -0.2) is 0 Å². The lowest BCUT2D eigenvalue weighted by Gasteiger charge is -2.40. The first-order valence-corrected chi connectivity index (χ1v) is 18.7. The van der Waals surface area contributed by atoms with Gasteiger partial charge in [-0.05, 0) is 44.9 Å². The van der Waals surface area contributed by atoms with Gasteiger partial charge in [0.2, 0.25) is 5.91 Å². The first-order valence-electron chi connectivity index (χ1n) is 18.7. The molecular weight excluding hydrogens is 598 g/mol. The van der Waals surface area contributed by atoms with Gasteiger partial charge in [-0.2, -0.15) is 0 Å². The van der Waals surface area contributed by atoms with E-state index in [0.29, 0.717) is 6.42 Å². The summed E-state index contributed by atoms with van der Waals surface area (Å²) >= 11 is 0. The van der Waals surface area contributed by atoms with Gasteiger partial charge in [-0.3, -0.25) is 4.79 Å². The zero-order chi connectivity index (χ0) is 34.5. The van der Waals surface area contributed by atoms with Crippen LogP contribution in [0, 0.1) is 0 Å². The average Bonchev–Trinajstić information content (AvgIpc) is 3.07. The largest absolute Gasteiger partial charge is 0.394 e. The summed E-state index contributed by atoms with van der Waals surface area (Å²) in [6.07, 6.45) is 26.2. The van der Waals surface area contributed by atoms with E-state index >= 15 is 0 Å². The summed E-state index contributed by atoms with van der Waals surface area (Å²) in [5.41, 5.74) is 0. The Hall–Kier alpha value is -1.59. The van der Waals surface area contributed by atoms with Gasteiger partial charge in [0.05, 0.1) is 25.4 Å². The number of carbonyl (C=O) groups is 1. The zero-order valence-corrected chi connectivity index (χ0v) is 29.5. The van der Waals surface area contributed by atoms with E-state index in [4.69, 9.17) is 9.47 Å². The van der Waals surface area contributed by atoms with E-state index in [2.05, 4.69) is 37.4 Å². The Bertz CT molecular complexity index is 833. The maximum absolute atomic E-state index is 12.8. The van der Waals surface area contributed by atoms with Crippen LogP contribution in [0.15, 0.2) is 36.5 Å². The highest BCUT2D eigenvalue weighted by atomic mass is 16.7. The maximum atomic E-state index is 12.8. The highest BCUT2D eigenvalue weighted by Crippen LogP contribution is 2.22. The third kappa shape index (κ3) is 21.2. The monoisotopic (exact) mass is 668 g/mol. The number of nitrogens with one attached hydrogen (secondary N) is 1. The van der Waals surface area contributed by atoms with Gasteiger partial charge in [0.15, 0.2) is 6.29 Å². The molecule has 0 aliphatic carbocycles. The van der Waals surface area contributed by atoms with Crippen LogP contribution in [-0.4, -0.2) is 87.5 Å². The second-order valence-electron chi connectivity index (χ2n) is 13.0. The van der Waals surface area contributed by atoms with Crippen LogP contribution < -0.4 is 5.32 Å². The molecule has 0 saturated carbocycles. The van der Waals surface area contributed by atoms with Crippen molar-refractivity contribution >= 4 is 5.91 Å². The molecule has 0 spiro atoms. The summed E-state index contributed by atoms with van der Waals surface area (Å²) < 4.78 is 11.1. The SMILES string of the molecule is CCCCCC/C=C/CCCCCCCC(=O)N[C@@H](CO[C@H]1O[C@@H](CO)[C@H](O)C(O)C1O)[C@H](O)/C=C/C=C/CCCCCCCCC. The molecule has 7 atom stereocenters. The number of aliphatic hydroxyl groups excluding tert-OH is 5. The van der Waals surface area contributed by atoms with Crippen LogP contribution in [0.5, 0.6) is 0 Å². The summed E-state index contributed by atoms with van der Waals surface area (Å²) in [5.74, 6) is -0.208. The quantitative estimate of drug-likeness (QED) is 0.0316. The van der Waals surface area contributed by atoms with Crippen molar-refractivity contribution in [3.8, 4) is 0 Å². The fraction of sp³-hybridized carbons (Fsp3) is 0.816. The Balaban J connectivity index is 2.52. The number of unbranched alkanes of at least 4 members (excludes halogenated alkanes) is 16. The van der Waals surface area contributed by atoms with Crippen LogP contribution in [0.4, 0.5) is 0 Å². The second kappa shape index (κ2) is 29.3. The fourth-order valence-corrected chi connectivity index (χ4v) is 5.62. The maximum Gasteiger partial charge on any atom is 0.220 e. The molecule has 1 aliphatic heterocycles. The van der Waals surface area contributed by atoms with E-state index in [9.17, 15) is 30.3 Å². The molecule has 1 fully saturated rings. The third-order valence-electron chi connectivity index (χ3n) is 8.74. The smallest absolute Gasteiger partial charge is 0.220 e. The van der Waals surface area contributed by atoms with Crippen molar-refractivity contribution in [1.29, 1.82) is 0 Å². The van der Waals surface area contributed by atoms with Crippen LogP contribution >= 0.6 is 0 Å². The topological polar surface area (TPSA) is 149 Å². The summed E-state index contributed by atoms with van der Waals surface area (Å²) in [7, 11) is 0. The Morgan fingerprint density at radius 3 is 1.85 bits per heavy atom. The predicted molar refractivity (Wildman–Crippen MR) is 189 cm³/mol. The van der Waals surface area contributed by atoms with Gasteiger partial charge in [0.25, 0.3) is 0 Å². The predicted octanol–water partition coefficient (Wildman–Crippen LogP) is 6.16. The molecule has 1 rings (SSSR count). The van der Waals surface area contributed by atoms with Crippen LogP contribution in [0.1, 0.15) is 142 Å². The highest BCUT2D eigenvalue weighted by Gasteiger charge is 2.44. The number of carbonyl (C=O) groups excluding carboxylic acids is 1. The molecule has 9 nitrogen and oxygen atoms in total. The fourth-order valence-electron chi connectivity index (χ4n) is 5.62. The lowest BCUT2D eigenvalue weighted by molar-refractivity contribution is -0.302. The Morgan fingerprint density at radius 2 is 1.26 bits per heavy atom. The zero-order valence-electron chi connectivity index (χ0n) is 29.5. The molecule has 0 aromatic rings. The summed E-state index contributed by atoms with van der Waals surface area (Å²) in [4.78, 5) is 12.8. The van der Waals surface area contributed by atoms with Crippen LogP contribution in [0.25, 0.3) is 0 Å². The molecule has 0 bridgehead atoms.